The van der Waals surface area contributed by atoms with Gasteiger partial charge in [0.05, 0.1) is 9.85 Å². The molecule has 0 spiro atoms. The number of hydrogen-bond donors (Lipinski definition) is 2. The van der Waals surface area contributed by atoms with E-state index in [1.165, 1.54) is 4.88 Å². The van der Waals surface area contributed by atoms with Crippen molar-refractivity contribution < 1.29 is 0 Å². The number of nitrogen functional groups attached to an aromatic ring is 1. The molecule has 102 valence electrons. The molecule has 2 aromatic heterocycles. The first-order valence-corrected chi connectivity index (χ1v) is 7.54. The van der Waals surface area contributed by atoms with E-state index in [-0.39, 0.29) is 0 Å². The molecule has 0 aliphatic rings. The van der Waals surface area contributed by atoms with Crippen LogP contribution in [0.5, 0.6) is 0 Å². The van der Waals surface area contributed by atoms with Gasteiger partial charge in [0.15, 0.2) is 0 Å². The summed E-state index contributed by atoms with van der Waals surface area (Å²) in [4.78, 5) is 5.62. The summed E-state index contributed by atoms with van der Waals surface area (Å²) in [5.41, 5.74) is 8.51. The van der Waals surface area contributed by atoms with E-state index < -0.39 is 0 Å². The second-order valence-corrected chi connectivity index (χ2v) is 6.32. The maximum atomic E-state index is 5.93. The average Bonchev–Trinajstić information content (AvgIpc) is 2.84. The molecule has 0 radical (unpaired) electrons. The predicted octanol–water partition coefficient (Wildman–Crippen LogP) is 4.19. The van der Waals surface area contributed by atoms with Crippen molar-refractivity contribution >= 4 is 45.2 Å². The average molecular weight is 304 g/mol. The highest BCUT2D eigenvalue weighted by molar-refractivity contribution is 7.16. The molecule has 0 bridgehead atoms. The minimum Gasteiger partial charge on any atom is -0.399 e. The Morgan fingerprint density at radius 2 is 2.10 bits per heavy atom. The van der Waals surface area contributed by atoms with Gasteiger partial charge in [0.1, 0.15) is 0 Å². The van der Waals surface area contributed by atoms with Crippen LogP contribution >= 0.6 is 22.9 Å². The Kier molecular flexibility index (Phi) is 3.76. The Balaban J connectivity index is 1.74. The topological polar surface area (TPSA) is 50.9 Å². The van der Waals surface area contributed by atoms with Crippen LogP contribution in [0.4, 0.5) is 11.4 Å². The third kappa shape index (κ3) is 2.86. The lowest BCUT2D eigenvalue weighted by atomic mass is 10.1. The van der Waals surface area contributed by atoms with Gasteiger partial charge in [-0.25, -0.2) is 0 Å². The Hall–Kier alpha value is -1.78. The maximum absolute atomic E-state index is 5.93. The van der Waals surface area contributed by atoms with Crippen LogP contribution in [0.15, 0.2) is 42.6 Å². The molecular formula is C15H14ClN3S. The van der Waals surface area contributed by atoms with Crippen LogP contribution in [0.2, 0.25) is 4.34 Å². The molecule has 0 saturated carbocycles. The number of aromatic nitrogens is 1. The highest BCUT2D eigenvalue weighted by atomic mass is 35.5. The fraction of sp³-hybridized carbons (Fsp3) is 0.133. The predicted molar refractivity (Wildman–Crippen MR) is 87.7 cm³/mol. The monoisotopic (exact) mass is 303 g/mol. The first kappa shape index (κ1) is 13.2. The highest BCUT2D eigenvalue weighted by Gasteiger charge is 2.03. The molecule has 0 unspecified atom stereocenters. The van der Waals surface area contributed by atoms with Gasteiger partial charge in [-0.2, -0.15) is 0 Å². The summed E-state index contributed by atoms with van der Waals surface area (Å²) >= 11 is 7.55. The number of halogens is 1. The van der Waals surface area contributed by atoms with E-state index in [0.717, 1.165) is 39.6 Å². The number of benzene rings is 1. The molecule has 3 N–H and O–H groups in total. The molecule has 3 nitrogen and oxygen atoms in total. The number of pyridine rings is 1. The number of nitrogens with one attached hydrogen (secondary N) is 1. The molecule has 5 heteroatoms. The molecule has 3 rings (SSSR count). The zero-order chi connectivity index (χ0) is 13.9. The first-order valence-electron chi connectivity index (χ1n) is 6.35. The number of nitrogens with two attached hydrogens (primary N) is 1. The molecular weight excluding hydrogens is 290 g/mol. The summed E-state index contributed by atoms with van der Waals surface area (Å²) in [6.07, 6.45) is 2.75. The molecule has 2 heterocycles. The van der Waals surface area contributed by atoms with Crippen LogP contribution in [-0.2, 0) is 6.42 Å². The molecule has 0 amide bonds. The molecule has 0 saturated heterocycles. The van der Waals surface area contributed by atoms with Gasteiger partial charge in [-0.1, -0.05) is 11.6 Å². The van der Waals surface area contributed by atoms with Gasteiger partial charge in [-0.3, -0.25) is 4.98 Å². The highest BCUT2D eigenvalue weighted by Crippen LogP contribution is 2.24. The van der Waals surface area contributed by atoms with Crippen molar-refractivity contribution in [2.45, 2.75) is 6.42 Å². The van der Waals surface area contributed by atoms with E-state index in [1.54, 1.807) is 17.5 Å². The Morgan fingerprint density at radius 3 is 2.90 bits per heavy atom. The van der Waals surface area contributed by atoms with Crippen LogP contribution in [-0.4, -0.2) is 11.5 Å². The number of fused-ring (bicyclic) bond motifs is 1. The van der Waals surface area contributed by atoms with Crippen LogP contribution in [0, 0.1) is 0 Å². The summed E-state index contributed by atoms with van der Waals surface area (Å²) in [5, 5.41) is 4.54. The standard InChI is InChI=1S/C15H14ClN3S/c16-15-4-2-11(20-15)5-7-18-13-6-8-19-14-9-10(17)1-3-12(13)14/h1-4,6,8-9H,5,7,17H2,(H,18,19). The largest absolute Gasteiger partial charge is 0.399 e. The third-order valence-electron chi connectivity index (χ3n) is 3.08. The zero-order valence-corrected chi connectivity index (χ0v) is 12.3. The lowest BCUT2D eigenvalue weighted by Gasteiger charge is -2.09. The summed E-state index contributed by atoms with van der Waals surface area (Å²) in [6.45, 7) is 0.861. The Bertz CT molecular complexity index is 739. The van der Waals surface area contributed by atoms with Gasteiger partial charge in [0.2, 0.25) is 0 Å². The fourth-order valence-electron chi connectivity index (χ4n) is 2.13. The summed E-state index contributed by atoms with van der Waals surface area (Å²) in [6, 6.07) is 11.8. The molecule has 0 fully saturated rings. The van der Waals surface area contributed by atoms with Gasteiger partial charge in [0, 0.05) is 34.4 Å². The van der Waals surface area contributed by atoms with Crippen LogP contribution in [0.1, 0.15) is 4.88 Å². The third-order valence-corrected chi connectivity index (χ3v) is 4.37. The molecule has 0 aliphatic heterocycles. The number of nitrogens with zero attached hydrogens (tertiary/aromatic N) is 1. The van der Waals surface area contributed by atoms with Crippen LogP contribution < -0.4 is 11.1 Å². The van der Waals surface area contributed by atoms with E-state index in [1.807, 2.05) is 30.3 Å². The zero-order valence-electron chi connectivity index (χ0n) is 10.8. The number of hydrogen-bond acceptors (Lipinski definition) is 4. The summed E-state index contributed by atoms with van der Waals surface area (Å²) in [5.74, 6) is 0. The minimum absolute atomic E-state index is 0.732. The van der Waals surface area contributed by atoms with Crippen molar-refractivity contribution in [2.24, 2.45) is 0 Å². The van der Waals surface area contributed by atoms with Gasteiger partial charge in [-0.15, -0.1) is 11.3 Å². The quantitative estimate of drug-likeness (QED) is 0.711. The van der Waals surface area contributed by atoms with Gasteiger partial charge in [0.25, 0.3) is 0 Å². The maximum Gasteiger partial charge on any atom is 0.0931 e. The van der Waals surface area contributed by atoms with E-state index in [4.69, 9.17) is 17.3 Å². The van der Waals surface area contributed by atoms with E-state index in [0.29, 0.717) is 0 Å². The summed E-state index contributed by atoms with van der Waals surface area (Å²) in [7, 11) is 0. The number of anilines is 2. The second kappa shape index (κ2) is 5.69. The molecule has 0 aliphatic carbocycles. The SMILES string of the molecule is Nc1ccc2c(NCCc3ccc(Cl)s3)ccnc2c1. The van der Waals surface area contributed by atoms with Crippen molar-refractivity contribution in [1.82, 2.24) is 4.98 Å². The van der Waals surface area contributed by atoms with E-state index in [2.05, 4.69) is 16.4 Å². The second-order valence-electron chi connectivity index (χ2n) is 4.52. The fourth-order valence-corrected chi connectivity index (χ4v) is 3.21. The van der Waals surface area contributed by atoms with E-state index >= 15 is 0 Å². The van der Waals surface area contributed by atoms with Crippen molar-refractivity contribution in [2.75, 3.05) is 17.6 Å². The van der Waals surface area contributed by atoms with Gasteiger partial charge >= 0.3 is 0 Å². The Morgan fingerprint density at radius 1 is 1.20 bits per heavy atom. The lowest BCUT2D eigenvalue weighted by molar-refractivity contribution is 1.05. The Labute approximate surface area is 126 Å². The van der Waals surface area contributed by atoms with E-state index in [9.17, 15) is 0 Å². The van der Waals surface area contributed by atoms with Gasteiger partial charge in [-0.05, 0) is 42.8 Å². The lowest BCUT2D eigenvalue weighted by Crippen LogP contribution is -2.04. The normalized spacial score (nSPS) is 10.8. The number of rotatable bonds is 4. The van der Waals surface area contributed by atoms with Gasteiger partial charge < -0.3 is 11.1 Å². The van der Waals surface area contributed by atoms with Crippen molar-refractivity contribution in [3.8, 4) is 0 Å². The number of thiophene rings is 1. The smallest absolute Gasteiger partial charge is 0.0931 e. The molecule has 20 heavy (non-hydrogen) atoms. The molecule has 1 aromatic carbocycles. The van der Waals surface area contributed by atoms with Crippen molar-refractivity contribution in [3.63, 3.8) is 0 Å². The molecule has 0 atom stereocenters. The minimum atomic E-state index is 0.732. The van der Waals surface area contributed by atoms with Crippen molar-refractivity contribution in [3.05, 3.63) is 51.8 Å². The molecule has 3 aromatic rings. The summed E-state index contributed by atoms with van der Waals surface area (Å²) < 4.78 is 0.838. The first-order chi connectivity index (χ1) is 9.72. The van der Waals surface area contributed by atoms with Crippen LogP contribution in [0.25, 0.3) is 10.9 Å². The van der Waals surface area contributed by atoms with Crippen LogP contribution in [0.3, 0.4) is 0 Å². The van der Waals surface area contributed by atoms with Crippen molar-refractivity contribution in [1.29, 1.82) is 0 Å².